The molecular weight excluding hydrogens is 264 g/mol. The van der Waals surface area contributed by atoms with Gasteiger partial charge in [0, 0.05) is 12.1 Å². The highest BCUT2D eigenvalue weighted by atomic mass is 16.6. The lowest BCUT2D eigenvalue weighted by atomic mass is 9.89. The highest BCUT2D eigenvalue weighted by Crippen LogP contribution is 2.25. The molecule has 0 aromatic carbocycles. The zero-order valence-electron chi connectivity index (χ0n) is 13.9. The Kier molecular flexibility index (Phi) is 5.91. The van der Waals surface area contributed by atoms with Crippen LogP contribution in [-0.4, -0.2) is 30.3 Å². The molecule has 0 heterocycles. The summed E-state index contributed by atoms with van der Waals surface area (Å²) in [5.41, 5.74) is -0.415. The van der Waals surface area contributed by atoms with Crippen LogP contribution in [0.4, 0.5) is 4.79 Å². The van der Waals surface area contributed by atoms with Crippen molar-refractivity contribution >= 4 is 6.09 Å². The molecule has 2 rings (SSSR count). The van der Waals surface area contributed by atoms with E-state index in [1.165, 1.54) is 32.1 Å². The lowest BCUT2D eigenvalue weighted by Gasteiger charge is -2.24. The van der Waals surface area contributed by atoms with Gasteiger partial charge < -0.3 is 15.4 Å². The first-order chi connectivity index (χ1) is 9.92. The van der Waals surface area contributed by atoms with E-state index in [0.717, 1.165) is 31.7 Å². The molecule has 0 radical (unpaired) electrons. The lowest BCUT2D eigenvalue weighted by molar-refractivity contribution is 0.0505. The Morgan fingerprint density at radius 2 is 1.71 bits per heavy atom. The summed E-state index contributed by atoms with van der Waals surface area (Å²) in [6.07, 6.45) is 9.97. The van der Waals surface area contributed by atoms with Gasteiger partial charge in [-0.1, -0.05) is 19.3 Å². The number of carbonyl (C=O) groups is 1. The van der Waals surface area contributed by atoms with Crippen LogP contribution in [0, 0.1) is 5.92 Å². The predicted octanol–water partition coefficient (Wildman–Crippen LogP) is 3.60. The third kappa shape index (κ3) is 6.25. The van der Waals surface area contributed by atoms with Crippen molar-refractivity contribution in [2.75, 3.05) is 6.54 Å². The molecule has 0 aromatic rings. The zero-order chi connectivity index (χ0) is 15.3. The van der Waals surface area contributed by atoms with E-state index in [1.807, 2.05) is 20.8 Å². The largest absolute Gasteiger partial charge is 0.444 e. The first-order valence-corrected chi connectivity index (χ1v) is 8.65. The van der Waals surface area contributed by atoms with Crippen molar-refractivity contribution in [3.63, 3.8) is 0 Å². The molecule has 0 bridgehead atoms. The Morgan fingerprint density at radius 3 is 2.38 bits per heavy atom. The molecule has 2 N–H and O–H groups in total. The van der Waals surface area contributed by atoms with E-state index in [9.17, 15) is 4.79 Å². The van der Waals surface area contributed by atoms with E-state index in [1.54, 1.807) is 0 Å². The fourth-order valence-electron chi connectivity index (χ4n) is 3.50. The number of ether oxygens (including phenoxy) is 1. The first kappa shape index (κ1) is 16.6. The third-order valence-electron chi connectivity index (χ3n) is 4.57. The number of hydrogen-bond acceptors (Lipinski definition) is 3. The average Bonchev–Trinajstić information content (AvgIpc) is 2.83. The zero-order valence-corrected chi connectivity index (χ0v) is 13.9. The number of hydrogen-bond donors (Lipinski definition) is 2. The Hall–Kier alpha value is -0.770. The minimum absolute atomic E-state index is 0.267. The molecule has 122 valence electrons. The number of rotatable bonds is 4. The van der Waals surface area contributed by atoms with Crippen LogP contribution in [-0.2, 0) is 4.74 Å². The van der Waals surface area contributed by atoms with Crippen molar-refractivity contribution in [3.8, 4) is 0 Å². The fraction of sp³-hybridized carbons (Fsp3) is 0.941. The van der Waals surface area contributed by atoms with Crippen molar-refractivity contribution in [2.24, 2.45) is 5.92 Å². The minimum atomic E-state index is -0.415. The number of nitrogens with one attached hydrogen (secondary N) is 2. The van der Waals surface area contributed by atoms with Crippen LogP contribution < -0.4 is 10.6 Å². The number of carbonyl (C=O) groups excluding carboxylic acids is 1. The van der Waals surface area contributed by atoms with Gasteiger partial charge in [0.1, 0.15) is 5.60 Å². The van der Waals surface area contributed by atoms with Gasteiger partial charge in [0.2, 0.25) is 0 Å². The van der Waals surface area contributed by atoms with Crippen molar-refractivity contribution in [1.29, 1.82) is 0 Å². The lowest BCUT2D eigenvalue weighted by Crippen LogP contribution is -2.39. The van der Waals surface area contributed by atoms with Crippen LogP contribution >= 0.6 is 0 Å². The maximum atomic E-state index is 11.8. The van der Waals surface area contributed by atoms with Gasteiger partial charge in [-0.05, 0) is 65.3 Å². The molecule has 2 atom stereocenters. The van der Waals surface area contributed by atoms with Gasteiger partial charge >= 0.3 is 6.09 Å². The van der Waals surface area contributed by atoms with E-state index in [2.05, 4.69) is 10.6 Å². The van der Waals surface area contributed by atoms with Crippen molar-refractivity contribution in [2.45, 2.75) is 89.8 Å². The quantitative estimate of drug-likeness (QED) is 0.833. The predicted molar refractivity (Wildman–Crippen MR) is 85.4 cm³/mol. The Bertz CT molecular complexity index is 332. The summed E-state index contributed by atoms with van der Waals surface area (Å²) >= 11 is 0. The van der Waals surface area contributed by atoms with Crippen LogP contribution in [0.3, 0.4) is 0 Å². The molecular formula is C17H32N2O2. The van der Waals surface area contributed by atoms with Crippen LogP contribution in [0.25, 0.3) is 0 Å². The smallest absolute Gasteiger partial charge is 0.407 e. The molecule has 0 aliphatic heterocycles. The fourth-order valence-corrected chi connectivity index (χ4v) is 3.50. The molecule has 21 heavy (non-hydrogen) atoms. The molecule has 4 heteroatoms. The second-order valence-electron chi connectivity index (χ2n) is 7.77. The highest BCUT2D eigenvalue weighted by Gasteiger charge is 2.28. The Morgan fingerprint density at radius 1 is 1.05 bits per heavy atom. The molecule has 0 spiro atoms. The molecule has 4 nitrogen and oxygen atoms in total. The van der Waals surface area contributed by atoms with Crippen LogP contribution in [0.1, 0.15) is 72.1 Å². The second-order valence-corrected chi connectivity index (χ2v) is 7.77. The Labute approximate surface area is 129 Å². The van der Waals surface area contributed by atoms with Gasteiger partial charge in [-0.15, -0.1) is 0 Å². The molecule has 2 unspecified atom stereocenters. The summed E-state index contributed by atoms with van der Waals surface area (Å²) < 4.78 is 5.32. The van der Waals surface area contributed by atoms with E-state index >= 15 is 0 Å². The van der Waals surface area contributed by atoms with Gasteiger partial charge in [-0.2, -0.15) is 0 Å². The van der Waals surface area contributed by atoms with E-state index in [-0.39, 0.29) is 12.1 Å². The second kappa shape index (κ2) is 7.48. The molecule has 2 saturated carbocycles. The van der Waals surface area contributed by atoms with E-state index in [4.69, 9.17) is 4.74 Å². The van der Waals surface area contributed by atoms with Gasteiger partial charge in [0.05, 0.1) is 0 Å². The van der Waals surface area contributed by atoms with Crippen molar-refractivity contribution < 1.29 is 9.53 Å². The minimum Gasteiger partial charge on any atom is -0.444 e. The first-order valence-electron chi connectivity index (χ1n) is 8.65. The van der Waals surface area contributed by atoms with Gasteiger partial charge in [-0.25, -0.2) is 4.79 Å². The molecule has 1 amide bonds. The summed E-state index contributed by atoms with van der Waals surface area (Å²) in [7, 11) is 0. The Balaban J connectivity index is 1.62. The normalized spacial score (nSPS) is 27.6. The van der Waals surface area contributed by atoms with E-state index < -0.39 is 5.60 Å². The van der Waals surface area contributed by atoms with Gasteiger partial charge in [-0.3, -0.25) is 0 Å². The van der Waals surface area contributed by atoms with Crippen LogP contribution in [0.5, 0.6) is 0 Å². The van der Waals surface area contributed by atoms with Crippen molar-refractivity contribution in [1.82, 2.24) is 10.6 Å². The summed E-state index contributed by atoms with van der Waals surface area (Å²) in [5.74, 6) is 0.872. The summed E-state index contributed by atoms with van der Waals surface area (Å²) in [6, 6.07) is 0.829. The summed E-state index contributed by atoms with van der Waals surface area (Å²) in [6.45, 7) is 6.85. The molecule has 2 fully saturated rings. The highest BCUT2D eigenvalue weighted by molar-refractivity contribution is 5.68. The molecule has 2 aliphatic carbocycles. The average molecular weight is 296 g/mol. The summed E-state index contributed by atoms with van der Waals surface area (Å²) in [4.78, 5) is 11.8. The SMILES string of the molecule is CC(C)(C)OC(=O)NC1CCC(NCC2CCCCC2)C1. The van der Waals surface area contributed by atoms with Crippen LogP contribution in [0.2, 0.25) is 0 Å². The van der Waals surface area contributed by atoms with E-state index in [0.29, 0.717) is 6.04 Å². The third-order valence-corrected chi connectivity index (χ3v) is 4.57. The molecule has 2 aliphatic rings. The van der Waals surface area contributed by atoms with Crippen molar-refractivity contribution in [3.05, 3.63) is 0 Å². The maximum absolute atomic E-state index is 11.8. The molecule has 0 saturated heterocycles. The number of amides is 1. The monoisotopic (exact) mass is 296 g/mol. The van der Waals surface area contributed by atoms with Crippen LogP contribution in [0.15, 0.2) is 0 Å². The topological polar surface area (TPSA) is 50.4 Å². The maximum Gasteiger partial charge on any atom is 0.407 e. The molecule has 0 aromatic heterocycles. The van der Waals surface area contributed by atoms with Gasteiger partial charge in [0.25, 0.3) is 0 Å². The summed E-state index contributed by atoms with van der Waals surface area (Å²) in [5, 5.41) is 6.71. The van der Waals surface area contributed by atoms with Gasteiger partial charge in [0.15, 0.2) is 0 Å². The standard InChI is InChI=1S/C17H32N2O2/c1-17(2,3)21-16(20)19-15-10-9-14(11-15)18-12-13-7-5-4-6-8-13/h13-15,18H,4-12H2,1-3H3,(H,19,20). The number of alkyl carbamates (subject to hydrolysis) is 1.